The molecule has 1 atom stereocenters. The predicted octanol–water partition coefficient (Wildman–Crippen LogP) is 1.73. The molecule has 1 fully saturated rings. The highest BCUT2D eigenvalue weighted by Crippen LogP contribution is 2.16. The van der Waals surface area contributed by atoms with E-state index in [1.807, 2.05) is 18.2 Å². The topological polar surface area (TPSA) is 73.2 Å². The summed E-state index contributed by atoms with van der Waals surface area (Å²) in [6.07, 6.45) is -0.723. The van der Waals surface area contributed by atoms with Crippen LogP contribution in [0.15, 0.2) is 54.6 Å². The Bertz CT molecular complexity index is 698. The third-order valence-corrected chi connectivity index (χ3v) is 4.47. The molecule has 1 saturated heterocycles. The summed E-state index contributed by atoms with van der Waals surface area (Å²) < 4.78 is 5.15. The van der Waals surface area contributed by atoms with Crippen LogP contribution in [0.2, 0.25) is 0 Å². The number of piperazine rings is 1. The number of esters is 1. The maximum Gasteiger partial charge on any atom is 0.338 e. The van der Waals surface area contributed by atoms with Crippen molar-refractivity contribution >= 4 is 11.7 Å². The monoisotopic (exact) mass is 356 g/mol. The minimum absolute atomic E-state index is 0.0430. The predicted molar refractivity (Wildman–Crippen MR) is 99.5 cm³/mol. The largest absolute Gasteiger partial charge is 0.508 e. The van der Waals surface area contributed by atoms with Crippen LogP contribution in [0.1, 0.15) is 10.4 Å². The minimum atomic E-state index is -0.723. The average molecular weight is 356 g/mol. The second-order valence-electron chi connectivity index (χ2n) is 6.42. The third-order valence-electron chi connectivity index (χ3n) is 4.47. The Kier molecular flexibility index (Phi) is 6.09. The molecule has 0 saturated carbocycles. The van der Waals surface area contributed by atoms with E-state index in [1.165, 1.54) is 30.0 Å². The number of aliphatic hydroxyl groups excluding tert-OH is 1. The van der Waals surface area contributed by atoms with Gasteiger partial charge in [-0.2, -0.15) is 0 Å². The van der Waals surface area contributed by atoms with Gasteiger partial charge in [0.1, 0.15) is 18.5 Å². The molecule has 1 aliphatic rings. The second kappa shape index (κ2) is 8.69. The SMILES string of the molecule is O=C(OC[C@@H](O)CN1CCN(c2ccccc2)CC1)c1ccc(O)cc1. The van der Waals surface area contributed by atoms with Gasteiger partial charge in [0, 0.05) is 38.4 Å². The number of benzene rings is 2. The maximum absolute atomic E-state index is 11.9. The quantitative estimate of drug-likeness (QED) is 0.768. The summed E-state index contributed by atoms with van der Waals surface area (Å²) in [5.74, 6) is -0.408. The maximum atomic E-state index is 11.9. The van der Waals surface area contributed by atoms with Gasteiger partial charge in [0.05, 0.1) is 5.56 Å². The third kappa shape index (κ3) is 4.97. The highest BCUT2D eigenvalue weighted by molar-refractivity contribution is 5.89. The summed E-state index contributed by atoms with van der Waals surface area (Å²) in [5, 5.41) is 19.4. The zero-order valence-corrected chi connectivity index (χ0v) is 14.6. The summed E-state index contributed by atoms with van der Waals surface area (Å²) >= 11 is 0. The molecular weight excluding hydrogens is 332 g/mol. The van der Waals surface area contributed by atoms with Crippen LogP contribution in [0.3, 0.4) is 0 Å². The lowest BCUT2D eigenvalue weighted by atomic mass is 10.2. The van der Waals surface area contributed by atoms with Crippen molar-refractivity contribution in [2.45, 2.75) is 6.10 Å². The molecule has 3 rings (SSSR count). The van der Waals surface area contributed by atoms with Crippen LogP contribution in [0.25, 0.3) is 0 Å². The van der Waals surface area contributed by atoms with Gasteiger partial charge in [-0.1, -0.05) is 18.2 Å². The Balaban J connectivity index is 1.39. The van der Waals surface area contributed by atoms with E-state index in [2.05, 4.69) is 21.9 Å². The summed E-state index contributed by atoms with van der Waals surface area (Å²) in [4.78, 5) is 16.4. The number of rotatable bonds is 6. The lowest BCUT2D eigenvalue weighted by Crippen LogP contribution is -2.49. The number of carbonyl (C=O) groups excluding carboxylic acids is 1. The van der Waals surface area contributed by atoms with Gasteiger partial charge in [-0.05, 0) is 36.4 Å². The summed E-state index contributed by atoms with van der Waals surface area (Å²) in [7, 11) is 0. The van der Waals surface area contributed by atoms with E-state index in [0.29, 0.717) is 12.1 Å². The minimum Gasteiger partial charge on any atom is -0.508 e. The van der Waals surface area contributed by atoms with Crippen molar-refractivity contribution in [1.82, 2.24) is 4.90 Å². The number of nitrogens with zero attached hydrogens (tertiary/aromatic N) is 2. The van der Waals surface area contributed by atoms with Crippen molar-refractivity contribution in [2.24, 2.45) is 0 Å². The van der Waals surface area contributed by atoms with Crippen molar-refractivity contribution < 1.29 is 19.7 Å². The first-order valence-electron chi connectivity index (χ1n) is 8.78. The molecule has 138 valence electrons. The highest BCUT2D eigenvalue weighted by atomic mass is 16.5. The van der Waals surface area contributed by atoms with Gasteiger partial charge in [0.25, 0.3) is 0 Å². The van der Waals surface area contributed by atoms with E-state index >= 15 is 0 Å². The van der Waals surface area contributed by atoms with Crippen LogP contribution < -0.4 is 4.90 Å². The van der Waals surface area contributed by atoms with Gasteiger partial charge in [-0.15, -0.1) is 0 Å². The molecule has 1 heterocycles. The van der Waals surface area contributed by atoms with Crippen LogP contribution in [-0.4, -0.2) is 66.5 Å². The molecule has 26 heavy (non-hydrogen) atoms. The number of anilines is 1. The first kappa shape index (κ1) is 18.2. The molecule has 2 aromatic carbocycles. The fraction of sp³-hybridized carbons (Fsp3) is 0.350. The zero-order valence-electron chi connectivity index (χ0n) is 14.6. The number of para-hydroxylation sites is 1. The molecule has 6 heteroatoms. The number of phenols is 1. The van der Waals surface area contributed by atoms with Crippen molar-refractivity contribution in [3.05, 3.63) is 60.2 Å². The molecule has 0 radical (unpaired) electrons. The average Bonchev–Trinajstić information content (AvgIpc) is 2.68. The van der Waals surface area contributed by atoms with E-state index in [0.717, 1.165) is 26.2 Å². The fourth-order valence-corrected chi connectivity index (χ4v) is 3.03. The van der Waals surface area contributed by atoms with Gasteiger partial charge < -0.3 is 19.8 Å². The van der Waals surface area contributed by atoms with Gasteiger partial charge in [-0.25, -0.2) is 4.79 Å². The lowest BCUT2D eigenvalue weighted by Gasteiger charge is -2.36. The number of phenolic OH excluding ortho intramolecular Hbond substituents is 1. The van der Waals surface area contributed by atoms with E-state index in [4.69, 9.17) is 4.74 Å². The summed E-state index contributed by atoms with van der Waals surface area (Å²) in [6.45, 7) is 3.97. The Morgan fingerprint density at radius 3 is 2.31 bits per heavy atom. The molecular formula is C20H24N2O4. The summed E-state index contributed by atoms with van der Waals surface area (Å²) in [6, 6.07) is 16.1. The molecule has 2 N–H and O–H groups in total. The van der Waals surface area contributed by atoms with Crippen molar-refractivity contribution in [3.8, 4) is 5.75 Å². The van der Waals surface area contributed by atoms with Crippen molar-refractivity contribution in [3.63, 3.8) is 0 Å². The molecule has 0 spiro atoms. The molecule has 0 amide bonds. The van der Waals surface area contributed by atoms with Crippen LogP contribution >= 0.6 is 0 Å². The van der Waals surface area contributed by atoms with Gasteiger partial charge >= 0.3 is 5.97 Å². The van der Waals surface area contributed by atoms with Crippen LogP contribution in [-0.2, 0) is 4.74 Å². The van der Waals surface area contributed by atoms with E-state index in [-0.39, 0.29) is 12.4 Å². The number of hydrogen-bond donors (Lipinski definition) is 2. The van der Waals surface area contributed by atoms with Crippen LogP contribution in [0, 0.1) is 0 Å². The highest BCUT2D eigenvalue weighted by Gasteiger charge is 2.20. The zero-order chi connectivity index (χ0) is 18.4. The van der Waals surface area contributed by atoms with E-state index in [9.17, 15) is 15.0 Å². The molecule has 0 unspecified atom stereocenters. The number of hydrogen-bond acceptors (Lipinski definition) is 6. The molecule has 1 aliphatic heterocycles. The number of aromatic hydroxyl groups is 1. The van der Waals surface area contributed by atoms with E-state index < -0.39 is 12.1 Å². The Morgan fingerprint density at radius 2 is 1.65 bits per heavy atom. The van der Waals surface area contributed by atoms with Crippen molar-refractivity contribution in [1.29, 1.82) is 0 Å². The number of ether oxygens (including phenoxy) is 1. The first-order valence-corrected chi connectivity index (χ1v) is 8.78. The van der Waals surface area contributed by atoms with Crippen molar-refractivity contribution in [2.75, 3.05) is 44.2 Å². The van der Waals surface area contributed by atoms with Crippen LogP contribution in [0.5, 0.6) is 5.75 Å². The second-order valence-corrected chi connectivity index (χ2v) is 6.42. The first-order chi connectivity index (χ1) is 12.6. The van der Waals surface area contributed by atoms with E-state index in [1.54, 1.807) is 0 Å². The van der Waals surface area contributed by atoms with Gasteiger partial charge in [0.15, 0.2) is 0 Å². The number of aliphatic hydroxyl groups is 1. The Labute approximate surface area is 153 Å². The molecule has 2 aromatic rings. The van der Waals surface area contributed by atoms with Gasteiger partial charge in [0.2, 0.25) is 0 Å². The number of β-amino-alcohol motifs (C(OH)–C–C–N with tert-alkyl or cyclic N) is 1. The molecule has 6 nitrogen and oxygen atoms in total. The smallest absolute Gasteiger partial charge is 0.338 e. The normalized spacial score (nSPS) is 16.3. The molecule has 0 aliphatic carbocycles. The Morgan fingerprint density at radius 1 is 1.00 bits per heavy atom. The van der Waals surface area contributed by atoms with Gasteiger partial charge in [-0.3, -0.25) is 4.90 Å². The Hall–Kier alpha value is -2.57. The molecule has 0 aromatic heterocycles. The molecule has 0 bridgehead atoms. The number of carbonyl (C=O) groups is 1. The summed E-state index contributed by atoms with van der Waals surface area (Å²) in [5.41, 5.74) is 1.57. The lowest BCUT2D eigenvalue weighted by molar-refractivity contribution is 0.0152. The van der Waals surface area contributed by atoms with Crippen LogP contribution in [0.4, 0.5) is 5.69 Å². The fourth-order valence-electron chi connectivity index (χ4n) is 3.03. The standard InChI is InChI=1S/C20H24N2O4/c23-18-8-6-16(7-9-18)20(25)26-15-19(24)14-21-10-12-22(13-11-21)17-4-2-1-3-5-17/h1-9,19,23-24H,10-15H2/t19-/m0/s1.